The van der Waals surface area contributed by atoms with Crippen molar-refractivity contribution < 1.29 is 9.53 Å². The molecule has 3 heterocycles. The van der Waals surface area contributed by atoms with Gasteiger partial charge in [-0.1, -0.05) is 18.6 Å². The molecule has 1 spiro atoms. The summed E-state index contributed by atoms with van der Waals surface area (Å²) in [4.78, 5) is 26.4. The maximum atomic E-state index is 13.1. The number of ether oxygens (including phenoxy) is 1. The highest BCUT2D eigenvalue weighted by Crippen LogP contribution is 2.52. The maximum absolute atomic E-state index is 13.1. The molecule has 1 unspecified atom stereocenters. The van der Waals surface area contributed by atoms with Gasteiger partial charge in [-0.3, -0.25) is 4.79 Å². The van der Waals surface area contributed by atoms with E-state index in [-0.39, 0.29) is 17.2 Å². The lowest BCUT2D eigenvalue weighted by atomic mass is 9.62. The Kier molecular flexibility index (Phi) is 5.29. The number of anilines is 2. The minimum absolute atomic E-state index is 0.00248. The monoisotopic (exact) mass is 407 g/mol. The molecule has 1 aromatic heterocycles. The number of benzene rings is 1. The molecule has 2 aliphatic heterocycles. The van der Waals surface area contributed by atoms with E-state index >= 15 is 0 Å². The van der Waals surface area contributed by atoms with Gasteiger partial charge < -0.3 is 19.9 Å². The number of nitrogens with zero attached hydrogens (tertiary/aromatic N) is 4. The van der Waals surface area contributed by atoms with E-state index in [1.165, 1.54) is 12.1 Å². The molecule has 3 aliphatic rings. The van der Waals surface area contributed by atoms with Gasteiger partial charge in [-0.15, -0.1) is 0 Å². The van der Waals surface area contributed by atoms with Gasteiger partial charge in [-0.25, -0.2) is 9.97 Å². The van der Waals surface area contributed by atoms with Crippen LogP contribution in [0.5, 0.6) is 0 Å². The van der Waals surface area contributed by atoms with Crippen molar-refractivity contribution in [1.82, 2.24) is 15.3 Å². The Bertz CT molecular complexity index is 863. The smallest absolute Gasteiger partial charge is 0.225 e. The number of rotatable bonds is 5. The Hall–Kier alpha value is -2.67. The third-order valence-corrected chi connectivity index (χ3v) is 6.93. The van der Waals surface area contributed by atoms with E-state index in [9.17, 15) is 4.79 Å². The summed E-state index contributed by atoms with van der Waals surface area (Å²) in [6, 6.07) is 10.3. The third-order valence-electron chi connectivity index (χ3n) is 6.93. The number of hydrogen-bond donors (Lipinski definition) is 1. The summed E-state index contributed by atoms with van der Waals surface area (Å²) in [7, 11) is 0. The number of morpholine rings is 1. The first kappa shape index (κ1) is 19.3. The first-order valence-electron chi connectivity index (χ1n) is 10.9. The first-order chi connectivity index (χ1) is 14.7. The van der Waals surface area contributed by atoms with Crippen molar-refractivity contribution in [1.29, 1.82) is 0 Å². The summed E-state index contributed by atoms with van der Waals surface area (Å²) in [5, 5.41) is 3.20. The van der Waals surface area contributed by atoms with E-state index in [1.54, 1.807) is 12.4 Å². The van der Waals surface area contributed by atoms with Crippen LogP contribution < -0.4 is 15.1 Å². The standard InChI is InChI=1S/C23H29N5O2/c29-21(26-15-18-3-5-19(6-4-18)27-11-13-30-14-12-27)20-16-28(17-23(20)7-1-8-23)22-24-9-2-10-25-22/h2-6,9-10,20H,1,7-8,11-17H2,(H,26,29). The highest BCUT2D eigenvalue weighted by atomic mass is 16.5. The van der Waals surface area contributed by atoms with Gasteiger partial charge in [0.2, 0.25) is 11.9 Å². The molecule has 0 radical (unpaired) electrons. The van der Waals surface area contributed by atoms with Crippen LogP contribution in [0.15, 0.2) is 42.7 Å². The van der Waals surface area contributed by atoms with Crippen LogP contribution in [0.2, 0.25) is 0 Å². The fraction of sp³-hybridized carbons (Fsp3) is 0.522. The van der Waals surface area contributed by atoms with Gasteiger partial charge in [-0.2, -0.15) is 0 Å². The minimum atomic E-state index is 0.00248. The molecule has 30 heavy (non-hydrogen) atoms. The number of nitrogens with one attached hydrogen (secondary N) is 1. The Balaban J connectivity index is 1.20. The number of aromatic nitrogens is 2. The molecule has 7 nitrogen and oxygen atoms in total. The van der Waals surface area contributed by atoms with E-state index in [0.29, 0.717) is 13.1 Å². The number of carbonyl (C=O) groups is 1. The fourth-order valence-corrected chi connectivity index (χ4v) is 5.03. The SMILES string of the molecule is O=C(NCc1ccc(N2CCOCC2)cc1)C1CN(c2ncccn2)CC12CCC2. The van der Waals surface area contributed by atoms with Crippen molar-refractivity contribution in [3.63, 3.8) is 0 Å². The maximum Gasteiger partial charge on any atom is 0.225 e. The van der Waals surface area contributed by atoms with Crippen molar-refractivity contribution in [3.05, 3.63) is 48.3 Å². The van der Waals surface area contributed by atoms with Crippen LogP contribution in [0.25, 0.3) is 0 Å². The number of hydrogen-bond acceptors (Lipinski definition) is 6. The molecule has 2 aromatic rings. The average Bonchev–Trinajstić information content (AvgIpc) is 3.21. The van der Waals surface area contributed by atoms with Crippen molar-refractivity contribution in [2.24, 2.45) is 11.3 Å². The van der Waals surface area contributed by atoms with Crippen molar-refractivity contribution in [3.8, 4) is 0 Å². The lowest BCUT2D eigenvalue weighted by Crippen LogP contribution is -2.45. The summed E-state index contributed by atoms with van der Waals surface area (Å²) in [6.07, 6.45) is 6.97. The van der Waals surface area contributed by atoms with Gasteiger partial charge in [0.25, 0.3) is 0 Å². The summed E-state index contributed by atoms with van der Waals surface area (Å²) < 4.78 is 5.42. The molecule has 3 fully saturated rings. The van der Waals surface area contributed by atoms with Crippen molar-refractivity contribution in [2.75, 3.05) is 49.2 Å². The predicted molar refractivity (Wildman–Crippen MR) is 115 cm³/mol. The van der Waals surface area contributed by atoms with E-state index in [0.717, 1.165) is 57.2 Å². The highest BCUT2D eigenvalue weighted by Gasteiger charge is 2.53. The number of amides is 1. The first-order valence-corrected chi connectivity index (χ1v) is 10.9. The molecule has 1 saturated carbocycles. The summed E-state index contributed by atoms with van der Waals surface area (Å²) >= 11 is 0. The zero-order chi connectivity index (χ0) is 20.4. The molecule has 1 atom stereocenters. The molecule has 5 rings (SSSR count). The van der Waals surface area contributed by atoms with Crippen LogP contribution >= 0.6 is 0 Å². The average molecular weight is 408 g/mol. The molecule has 0 bridgehead atoms. The van der Waals surface area contributed by atoms with E-state index in [2.05, 4.69) is 49.4 Å². The van der Waals surface area contributed by atoms with Crippen LogP contribution in [0.4, 0.5) is 11.6 Å². The molecule has 158 valence electrons. The van der Waals surface area contributed by atoms with Gasteiger partial charge in [0, 0.05) is 56.2 Å². The Morgan fingerprint density at radius 1 is 1.10 bits per heavy atom. The Morgan fingerprint density at radius 3 is 2.50 bits per heavy atom. The normalized spacial score (nSPS) is 22.7. The molecular formula is C23H29N5O2. The third kappa shape index (κ3) is 3.74. The van der Waals surface area contributed by atoms with Crippen LogP contribution in [0, 0.1) is 11.3 Å². The molecular weight excluding hydrogens is 378 g/mol. The number of carbonyl (C=O) groups excluding carboxylic acids is 1. The molecule has 2 saturated heterocycles. The highest BCUT2D eigenvalue weighted by molar-refractivity contribution is 5.81. The zero-order valence-corrected chi connectivity index (χ0v) is 17.3. The molecule has 1 aliphatic carbocycles. The van der Waals surface area contributed by atoms with E-state index in [1.807, 2.05) is 6.07 Å². The van der Waals surface area contributed by atoms with Crippen molar-refractivity contribution >= 4 is 17.5 Å². The molecule has 1 aromatic carbocycles. The predicted octanol–water partition coefficient (Wildman–Crippen LogP) is 2.24. The molecule has 7 heteroatoms. The second-order valence-corrected chi connectivity index (χ2v) is 8.68. The van der Waals surface area contributed by atoms with Crippen molar-refractivity contribution in [2.45, 2.75) is 25.8 Å². The summed E-state index contributed by atoms with van der Waals surface area (Å²) in [6.45, 7) is 5.58. The fourth-order valence-electron chi connectivity index (χ4n) is 5.03. The van der Waals surface area contributed by atoms with Gasteiger partial charge in [0.05, 0.1) is 19.1 Å². The van der Waals surface area contributed by atoms with Crippen LogP contribution in [0.1, 0.15) is 24.8 Å². The van der Waals surface area contributed by atoms with E-state index in [4.69, 9.17) is 4.74 Å². The van der Waals surface area contributed by atoms with Gasteiger partial charge >= 0.3 is 0 Å². The topological polar surface area (TPSA) is 70.6 Å². The Labute approximate surface area is 177 Å². The van der Waals surface area contributed by atoms with Crippen LogP contribution in [0.3, 0.4) is 0 Å². The summed E-state index contributed by atoms with van der Waals surface area (Å²) in [5.74, 6) is 0.894. The lowest BCUT2D eigenvalue weighted by Gasteiger charge is -2.41. The molecule has 1 amide bonds. The van der Waals surface area contributed by atoms with Gasteiger partial charge in [-0.05, 0) is 36.6 Å². The van der Waals surface area contributed by atoms with Crippen LogP contribution in [-0.4, -0.2) is 55.3 Å². The molecule has 1 N–H and O–H groups in total. The zero-order valence-electron chi connectivity index (χ0n) is 17.3. The van der Waals surface area contributed by atoms with E-state index < -0.39 is 0 Å². The van der Waals surface area contributed by atoms with Gasteiger partial charge in [0.15, 0.2) is 0 Å². The summed E-state index contributed by atoms with van der Waals surface area (Å²) in [5.41, 5.74) is 2.43. The Morgan fingerprint density at radius 2 is 1.83 bits per heavy atom. The lowest BCUT2D eigenvalue weighted by molar-refractivity contribution is -0.129. The minimum Gasteiger partial charge on any atom is -0.378 e. The quantitative estimate of drug-likeness (QED) is 0.820. The largest absolute Gasteiger partial charge is 0.378 e. The van der Waals surface area contributed by atoms with Gasteiger partial charge in [0.1, 0.15) is 0 Å². The second kappa shape index (κ2) is 8.22. The van der Waals surface area contributed by atoms with Crippen LogP contribution in [-0.2, 0) is 16.1 Å². The second-order valence-electron chi connectivity index (χ2n) is 8.68.